The van der Waals surface area contributed by atoms with Crippen molar-refractivity contribution in [2.45, 2.75) is 64.1 Å². The fourth-order valence-electron chi connectivity index (χ4n) is 1.98. The van der Waals surface area contributed by atoms with Gasteiger partial charge in [0.15, 0.2) is 0 Å². The van der Waals surface area contributed by atoms with Crippen LogP contribution in [0.2, 0.25) is 0 Å². The lowest BCUT2D eigenvalue weighted by atomic mass is 9.93. The number of hydrogen-bond acceptors (Lipinski definition) is 1. The van der Waals surface area contributed by atoms with Crippen LogP contribution in [0.5, 0.6) is 0 Å². The van der Waals surface area contributed by atoms with Crippen molar-refractivity contribution < 1.29 is 4.39 Å². The van der Waals surface area contributed by atoms with E-state index in [1.807, 2.05) is 0 Å². The predicted octanol–water partition coefficient (Wildman–Crippen LogP) is 3.05. The van der Waals surface area contributed by atoms with E-state index in [-0.39, 0.29) is 6.04 Å². The molecule has 0 spiro atoms. The van der Waals surface area contributed by atoms with Gasteiger partial charge < -0.3 is 5.32 Å². The zero-order valence-corrected chi connectivity index (χ0v) is 8.69. The molecule has 0 radical (unpaired) electrons. The molecular formula is C11H22FN. The average molecular weight is 187 g/mol. The molecule has 0 aliphatic heterocycles. The SMILES string of the molecule is CCCCCN[C@@H]1CCCC[C@H]1F. The minimum absolute atomic E-state index is 0.158. The van der Waals surface area contributed by atoms with Gasteiger partial charge in [0, 0.05) is 6.04 Å². The summed E-state index contributed by atoms with van der Waals surface area (Å²) in [6, 6.07) is 0.158. The van der Waals surface area contributed by atoms with Crippen LogP contribution in [-0.2, 0) is 0 Å². The molecule has 1 N–H and O–H groups in total. The van der Waals surface area contributed by atoms with Crippen LogP contribution in [0.15, 0.2) is 0 Å². The topological polar surface area (TPSA) is 12.0 Å². The number of nitrogens with one attached hydrogen (secondary N) is 1. The minimum Gasteiger partial charge on any atom is -0.311 e. The molecule has 0 aromatic heterocycles. The molecule has 1 aliphatic carbocycles. The molecule has 0 aromatic carbocycles. The lowest BCUT2D eigenvalue weighted by Gasteiger charge is -2.26. The molecule has 0 aromatic rings. The summed E-state index contributed by atoms with van der Waals surface area (Å²) in [7, 11) is 0. The van der Waals surface area contributed by atoms with Crippen LogP contribution in [-0.4, -0.2) is 18.8 Å². The lowest BCUT2D eigenvalue weighted by molar-refractivity contribution is 0.189. The van der Waals surface area contributed by atoms with Crippen LogP contribution in [0.1, 0.15) is 51.9 Å². The smallest absolute Gasteiger partial charge is 0.115 e. The second-order valence-electron chi connectivity index (χ2n) is 4.07. The van der Waals surface area contributed by atoms with Crippen LogP contribution in [0.4, 0.5) is 4.39 Å². The summed E-state index contributed by atoms with van der Waals surface area (Å²) in [6.07, 6.45) is 7.19. The zero-order valence-electron chi connectivity index (χ0n) is 8.69. The van der Waals surface area contributed by atoms with Gasteiger partial charge in [-0.2, -0.15) is 0 Å². The van der Waals surface area contributed by atoms with E-state index in [9.17, 15) is 4.39 Å². The molecule has 1 rings (SSSR count). The van der Waals surface area contributed by atoms with E-state index >= 15 is 0 Å². The van der Waals surface area contributed by atoms with E-state index < -0.39 is 6.17 Å². The maximum Gasteiger partial charge on any atom is 0.115 e. The second kappa shape index (κ2) is 6.36. The highest BCUT2D eigenvalue weighted by Crippen LogP contribution is 2.20. The van der Waals surface area contributed by atoms with Crippen LogP contribution >= 0.6 is 0 Å². The predicted molar refractivity (Wildman–Crippen MR) is 54.7 cm³/mol. The molecular weight excluding hydrogens is 165 g/mol. The van der Waals surface area contributed by atoms with Gasteiger partial charge in [0.2, 0.25) is 0 Å². The van der Waals surface area contributed by atoms with Crippen LogP contribution in [0, 0.1) is 0 Å². The first-order chi connectivity index (χ1) is 6.34. The van der Waals surface area contributed by atoms with Crippen molar-refractivity contribution in [1.82, 2.24) is 5.32 Å². The number of halogens is 1. The normalized spacial score (nSPS) is 29.1. The Balaban J connectivity index is 2.05. The number of unbranched alkanes of at least 4 members (excludes halogenated alkanes) is 2. The highest BCUT2D eigenvalue weighted by Gasteiger charge is 2.23. The Morgan fingerprint density at radius 3 is 2.69 bits per heavy atom. The van der Waals surface area contributed by atoms with Gasteiger partial charge in [-0.15, -0.1) is 0 Å². The Kier molecular flexibility index (Phi) is 5.37. The molecule has 0 heterocycles. The summed E-state index contributed by atoms with van der Waals surface area (Å²) in [5, 5.41) is 3.33. The summed E-state index contributed by atoms with van der Waals surface area (Å²) in [4.78, 5) is 0. The van der Waals surface area contributed by atoms with Crippen molar-refractivity contribution in [2.24, 2.45) is 0 Å². The lowest BCUT2D eigenvalue weighted by Crippen LogP contribution is -2.40. The van der Waals surface area contributed by atoms with Crippen LogP contribution in [0.25, 0.3) is 0 Å². The Hall–Kier alpha value is -0.110. The molecule has 0 saturated heterocycles. The molecule has 78 valence electrons. The van der Waals surface area contributed by atoms with E-state index in [0.717, 1.165) is 25.8 Å². The third-order valence-corrected chi connectivity index (χ3v) is 2.87. The average Bonchev–Trinajstić information content (AvgIpc) is 2.15. The first-order valence-corrected chi connectivity index (χ1v) is 5.72. The van der Waals surface area contributed by atoms with Crippen molar-refractivity contribution in [2.75, 3.05) is 6.54 Å². The molecule has 1 fully saturated rings. The first-order valence-electron chi connectivity index (χ1n) is 5.72. The first kappa shape index (κ1) is 11.0. The summed E-state index contributed by atoms with van der Waals surface area (Å²) in [5.41, 5.74) is 0. The van der Waals surface area contributed by atoms with Gasteiger partial charge in [-0.1, -0.05) is 32.6 Å². The molecule has 1 nitrogen and oxygen atoms in total. The Morgan fingerprint density at radius 1 is 1.23 bits per heavy atom. The fraction of sp³-hybridized carbons (Fsp3) is 1.00. The van der Waals surface area contributed by atoms with Crippen molar-refractivity contribution in [1.29, 1.82) is 0 Å². The van der Waals surface area contributed by atoms with Crippen molar-refractivity contribution in [3.8, 4) is 0 Å². The minimum atomic E-state index is -0.588. The molecule has 2 heteroatoms. The summed E-state index contributed by atoms with van der Waals surface area (Å²) in [6.45, 7) is 3.19. The standard InChI is InChI=1S/C11H22FN/c1-2-3-6-9-13-11-8-5-4-7-10(11)12/h10-11,13H,2-9H2,1H3/t10-,11-/m1/s1. The van der Waals surface area contributed by atoms with Crippen LogP contribution in [0.3, 0.4) is 0 Å². The molecule has 1 aliphatic rings. The van der Waals surface area contributed by atoms with Gasteiger partial charge in [-0.3, -0.25) is 0 Å². The maximum absolute atomic E-state index is 13.3. The second-order valence-corrected chi connectivity index (χ2v) is 4.07. The Bertz CT molecular complexity index is 127. The molecule has 0 unspecified atom stereocenters. The van der Waals surface area contributed by atoms with E-state index in [0.29, 0.717) is 0 Å². The Morgan fingerprint density at radius 2 is 2.00 bits per heavy atom. The molecule has 13 heavy (non-hydrogen) atoms. The molecule has 2 atom stereocenters. The quantitative estimate of drug-likeness (QED) is 0.652. The summed E-state index contributed by atoms with van der Waals surface area (Å²) < 4.78 is 13.3. The highest BCUT2D eigenvalue weighted by atomic mass is 19.1. The van der Waals surface area contributed by atoms with Crippen LogP contribution < -0.4 is 5.32 Å². The summed E-state index contributed by atoms with van der Waals surface area (Å²) >= 11 is 0. The number of hydrogen-bond donors (Lipinski definition) is 1. The molecule has 1 saturated carbocycles. The number of alkyl halides is 1. The third kappa shape index (κ3) is 4.08. The van der Waals surface area contributed by atoms with Gasteiger partial charge in [0.25, 0.3) is 0 Å². The largest absolute Gasteiger partial charge is 0.311 e. The van der Waals surface area contributed by atoms with E-state index in [1.54, 1.807) is 0 Å². The molecule has 0 bridgehead atoms. The summed E-state index contributed by atoms with van der Waals surface area (Å²) in [5.74, 6) is 0. The van der Waals surface area contributed by atoms with Crippen molar-refractivity contribution in [3.63, 3.8) is 0 Å². The van der Waals surface area contributed by atoms with Gasteiger partial charge in [0.1, 0.15) is 6.17 Å². The van der Waals surface area contributed by atoms with Crippen molar-refractivity contribution >= 4 is 0 Å². The maximum atomic E-state index is 13.3. The monoisotopic (exact) mass is 187 g/mol. The van der Waals surface area contributed by atoms with Gasteiger partial charge in [-0.25, -0.2) is 4.39 Å². The van der Waals surface area contributed by atoms with E-state index in [4.69, 9.17) is 0 Å². The molecule has 0 amide bonds. The van der Waals surface area contributed by atoms with Gasteiger partial charge in [0.05, 0.1) is 0 Å². The third-order valence-electron chi connectivity index (χ3n) is 2.87. The van der Waals surface area contributed by atoms with Gasteiger partial charge >= 0.3 is 0 Å². The highest BCUT2D eigenvalue weighted by molar-refractivity contribution is 4.80. The fourth-order valence-corrected chi connectivity index (χ4v) is 1.98. The Labute approximate surface area is 81.1 Å². The number of rotatable bonds is 5. The van der Waals surface area contributed by atoms with E-state index in [1.165, 1.54) is 25.7 Å². The van der Waals surface area contributed by atoms with Gasteiger partial charge in [-0.05, 0) is 25.8 Å². The van der Waals surface area contributed by atoms with Crippen molar-refractivity contribution in [3.05, 3.63) is 0 Å². The van der Waals surface area contributed by atoms with E-state index in [2.05, 4.69) is 12.2 Å². The zero-order chi connectivity index (χ0) is 9.52.